The van der Waals surface area contributed by atoms with Crippen molar-refractivity contribution in [2.45, 2.75) is 38.1 Å². The Labute approximate surface area is 98.2 Å². The zero-order valence-corrected chi connectivity index (χ0v) is 10.7. The van der Waals surface area contributed by atoms with Crippen LogP contribution in [0.2, 0.25) is 0 Å². The molecule has 0 heterocycles. The van der Waals surface area contributed by atoms with E-state index in [-0.39, 0.29) is 11.8 Å². The molecule has 0 amide bonds. The molecule has 0 spiro atoms. The Kier molecular flexibility index (Phi) is 3.87. The topological polar surface area (TPSA) is 58.2 Å². The third-order valence-electron chi connectivity index (χ3n) is 3.91. The number of hydrogen-bond donors (Lipinski definition) is 2. The molecule has 0 saturated heterocycles. The van der Waals surface area contributed by atoms with Gasteiger partial charge in [0.25, 0.3) is 0 Å². The summed E-state index contributed by atoms with van der Waals surface area (Å²) in [5.74, 6) is 1.65. The fraction of sp³-hybridized carbons (Fsp3) is 1.00. The quantitative estimate of drug-likeness (QED) is 0.678. The fourth-order valence-electron chi connectivity index (χ4n) is 3.12. The summed E-state index contributed by atoms with van der Waals surface area (Å²) in [6.45, 7) is 0.762. The van der Waals surface area contributed by atoms with Crippen LogP contribution in [0, 0.1) is 11.8 Å². The zero-order chi connectivity index (χ0) is 11.6. The van der Waals surface area contributed by atoms with Crippen LogP contribution >= 0.6 is 0 Å². The van der Waals surface area contributed by atoms with Gasteiger partial charge < -0.3 is 5.32 Å². The van der Waals surface area contributed by atoms with Crippen molar-refractivity contribution in [1.82, 2.24) is 10.0 Å². The highest BCUT2D eigenvalue weighted by atomic mass is 32.2. The molecule has 0 aromatic heterocycles. The molecule has 4 nitrogen and oxygen atoms in total. The van der Waals surface area contributed by atoms with E-state index in [0.717, 1.165) is 18.9 Å². The highest BCUT2D eigenvalue weighted by Gasteiger charge is 2.40. The summed E-state index contributed by atoms with van der Waals surface area (Å²) in [5.41, 5.74) is 0. The molecule has 94 valence electrons. The minimum atomic E-state index is -3.05. The molecule has 16 heavy (non-hydrogen) atoms. The first-order chi connectivity index (χ1) is 7.61. The van der Waals surface area contributed by atoms with Crippen LogP contribution in [0.3, 0.4) is 0 Å². The molecule has 2 aliphatic carbocycles. The van der Waals surface area contributed by atoms with E-state index in [1.807, 2.05) is 7.05 Å². The summed E-state index contributed by atoms with van der Waals surface area (Å²) < 4.78 is 26.5. The van der Waals surface area contributed by atoms with Crippen LogP contribution in [-0.2, 0) is 10.0 Å². The number of hydrogen-bond acceptors (Lipinski definition) is 3. The molecule has 0 aromatic carbocycles. The lowest BCUT2D eigenvalue weighted by Crippen LogP contribution is -2.40. The molecule has 2 N–H and O–H groups in total. The maximum absolute atomic E-state index is 11.8. The molecule has 2 fully saturated rings. The Morgan fingerprint density at radius 1 is 1.25 bits per heavy atom. The van der Waals surface area contributed by atoms with Crippen molar-refractivity contribution in [3.05, 3.63) is 0 Å². The van der Waals surface area contributed by atoms with Gasteiger partial charge in [-0.15, -0.1) is 0 Å². The number of sulfonamides is 1. The second-order valence-corrected chi connectivity index (χ2v) is 7.05. The molecular formula is C11H22N2O2S. The molecule has 5 heteroatoms. The standard InChI is InChI=1S/C11H22N2O2S/c1-12-5-2-6-16(14,15)13-11-8-9-3-4-10(11)7-9/h9-13H,2-8H2,1H3. The van der Waals surface area contributed by atoms with Crippen molar-refractivity contribution in [3.63, 3.8) is 0 Å². The molecule has 2 bridgehead atoms. The number of fused-ring (bicyclic) bond motifs is 2. The van der Waals surface area contributed by atoms with Crippen molar-refractivity contribution in [2.24, 2.45) is 11.8 Å². The molecule has 0 aromatic rings. The van der Waals surface area contributed by atoms with Crippen molar-refractivity contribution >= 4 is 10.0 Å². The largest absolute Gasteiger partial charge is 0.320 e. The minimum Gasteiger partial charge on any atom is -0.320 e. The van der Waals surface area contributed by atoms with E-state index in [2.05, 4.69) is 10.0 Å². The Hall–Kier alpha value is -0.130. The van der Waals surface area contributed by atoms with Crippen LogP contribution in [0.4, 0.5) is 0 Å². The van der Waals surface area contributed by atoms with Crippen LogP contribution < -0.4 is 10.0 Å². The normalized spacial score (nSPS) is 33.4. The lowest BCUT2D eigenvalue weighted by Gasteiger charge is -2.22. The van der Waals surface area contributed by atoms with Gasteiger partial charge in [0.2, 0.25) is 10.0 Å². The lowest BCUT2D eigenvalue weighted by atomic mass is 9.96. The Balaban J connectivity index is 1.80. The van der Waals surface area contributed by atoms with Crippen molar-refractivity contribution in [2.75, 3.05) is 19.3 Å². The summed E-state index contributed by atoms with van der Waals surface area (Å²) in [5, 5.41) is 2.97. The molecule has 2 rings (SSSR count). The van der Waals surface area contributed by atoms with Gasteiger partial charge in [0, 0.05) is 6.04 Å². The van der Waals surface area contributed by atoms with Crippen molar-refractivity contribution < 1.29 is 8.42 Å². The first kappa shape index (κ1) is 12.3. The fourth-order valence-corrected chi connectivity index (χ4v) is 4.51. The van der Waals surface area contributed by atoms with Crippen LogP contribution in [0.15, 0.2) is 0 Å². The van der Waals surface area contributed by atoms with Crippen LogP contribution in [0.25, 0.3) is 0 Å². The molecular weight excluding hydrogens is 224 g/mol. The third kappa shape index (κ3) is 2.96. The van der Waals surface area contributed by atoms with E-state index in [1.54, 1.807) is 0 Å². The molecule has 2 saturated carbocycles. The first-order valence-corrected chi connectivity index (χ1v) is 7.90. The van der Waals surface area contributed by atoms with E-state index in [1.165, 1.54) is 19.3 Å². The predicted molar refractivity (Wildman–Crippen MR) is 64.7 cm³/mol. The van der Waals surface area contributed by atoms with Gasteiger partial charge in [0.05, 0.1) is 5.75 Å². The molecule has 0 aliphatic heterocycles. The molecule has 0 radical (unpaired) electrons. The summed E-state index contributed by atoms with van der Waals surface area (Å²) >= 11 is 0. The van der Waals surface area contributed by atoms with Crippen molar-refractivity contribution in [1.29, 1.82) is 0 Å². The third-order valence-corrected chi connectivity index (χ3v) is 5.40. The maximum Gasteiger partial charge on any atom is 0.211 e. The Morgan fingerprint density at radius 3 is 2.62 bits per heavy atom. The second kappa shape index (κ2) is 5.02. The highest BCUT2D eigenvalue weighted by molar-refractivity contribution is 7.89. The van der Waals surface area contributed by atoms with Gasteiger partial charge in [-0.2, -0.15) is 0 Å². The maximum atomic E-state index is 11.8. The molecule has 3 atom stereocenters. The van der Waals surface area contributed by atoms with Crippen molar-refractivity contribution in [3.8, 4) is 0 Å². The van der Waals surface area contributed by atoms with E-state index in [9.17, 15) is 8.42 Å². The Bertz CT molecular complexity index is 329. The highest BCUT2D eigenvalue weighted by Crippen LogP contribution is 2.44. The second-order valence-electron chi connectivity index (χ2n) is 5.18. The summed E-state index contributed by atoms with van der Waals surface area (Å²) in [6, 6.07) is 0.235. The predicted octanol–water partition coefficient (Wildman–Crippen LogP) is 0.704. The minimum absolute atomic E-state index is 0.235. The van der Waals surface area contributed by atoms with Gasteiger partial charge in [-0.3, -0.25) is 0 Å². The van der Waals surface area contributed by atoms with E-state index in [0.29, 0.717) is 12.3 Å². The summed E-state index contributed by atoms with van der Waals surface area (Å²) in [6.07, 6.45) is 5.52. The van der Waals surface area contributed by atoms with Crippen LogP contribution in [-0.4, -0.2) is 33.8 Å². The lowest BCUT2D eigenvalue weighted by molar-refractivity contribution is 0.390. The van der Waals surface area contributed by atoms with Gasteiger partial charge in [-0.25, -0.2) is 13.1 Å². The Morgan fingerprint density at radius 2 is 2.06 bits per heavy atom. The average Bonchev–Trinajstić information content (AvgIpc) is 2.78. The van der Waals surface area contributed by atoms with Crippen LogP contribution in [0.1, 0.15) is 32.1 Å². The number of rotatable bonds is 6. The zero-order valence-electron chi connectivity index (χ0n) is 9.91. The summed E-state index contributed by atoms with van der Waals surface area (Å²) in [7, 11) is -1.21. The molecule has 2 aliphatic rings. The van der Waals surface area contributed by atoms with Gasteiger partial charge in [0.15, 0.2) is 0 Å². The van der Waals surface area contributed by atoms with Gasteiger partial charge in [0.1, 0.15) is 0 Å². The smallest absolute Gasteiger partial charge is 0.211 e. The van der Waals surface area contributed by atoms with E-state index < -0.39 is 10.0 Å². The van der Waals surface area contributed by atoms with Crippen LogP contribution in [0.5, 0.6) is 0 Å². The molecule has 3 unspecified atom stereocenters. The van der Waals surface area contributed by atoms with Gasteiger partial charge in [-0.1, -0.05) is 6.42 Å². The first-order valence-electron chi connectivity index (χ1n) is 6.25. The van der Waals surface area contributed by atoms with Gasteiger partial charge in [-0.05, 0) is 51.1 Å². The van der Waals surface area contributed by atoms with Gasteiger partial charge >= 0.3 is 0 Å². The SMILES string of the molecule is CNCCCS(=O)(=O)NC1CC2CCC1C2. The van der Waals surface area contributed by atoms with E-state index in [4.69, 9.17) is 0 Å². The number of nitrogens with one attached hydrogen (secondary N) is 2. The summed E-state index contributed by atoms with van der Waals surface area (Å²) in [4.78, 5) is 0. The monoisotopic (exact) mass is 246 g/mol. The average molecular weight is 246 g/mol. The van der Waals surface area contributed by atoms with E-state index >= 15 is 0 Å².